The van der Waals surface area contributed by atoms with E-state index < -0.39 is 11.8 Å². The molecule has 0 bridgehead atoms. The van der Waals surface area contributed by atoms with Crippen LogP contribution in [0.3, 0.4) is 0 Å². The molecular weight excluding hydrogens is 247 g/mol. The Hall–Kier alpha value is -2.62. The summed E-state index contributed by atoms with van der Waals surface area (Å²) in [6, 6.07) is 12.8. The van der Waals surface area contributed by atoms with Crippen LogP contribution in [0, 0.1) is 5.82 Å². The first-order valence-corrected chi connectivity index (χ1v) is 5.58. The second-order valence-corrected chi connectivity index (χ2v) is 3.78. The van der Waals surface area contributed by atoms with Crippen LogP contribution >= 0.6 is 0 Å². The van der Waals surface area contributed by atoms with E-state index in [9.17, 15) is 9.18 Å². The number of carboxylic acid groups (broad SMARTS) is 1. The van der Waals surface area contributed by atoms with Crippen molar-refractivity contribution >= 4 is 12.0 Å². The van der Waals surface area contributed by atoms with Crippen molar-refractivity contribution in [2.75, 3.05) is 0 Å². The van der Waals surface area contributed by atoms with Gasteiger partial charge in [-0.2, -0.15) is 0 Å². The minimum atomic E-state index is -1.03. The van der Waals surface area contributed by atoms with Gasteiger partial charge in [0.25, 0.3) is 0 Å². The quantitative estimate of drug-likeness (QED) is 0.850. The topological polar surface area (TPSA) is 46.5 Å². The van der Waals surface area contributed by atoms with E-state index >= 15 is 0 Å². The second-order valence-electron chi connectivity index (χ2n) is 3.78. The summed E-state index contributed by atoms with van der Waals surface area (Å²) in [7, 11) is 0. The Labute approximate surface area is 109 Å². The predicted molar refractivity (Wildman–Crippen MR) is 69.6 cm³/mol. The molecule has 0 aromatic heterocycles. The van der Waals surface area contributed by atoms with Crippen LogP contribution in [0.4, 0.5) is 4.39 Å². The summed E-state index contributed by atoms with van der Waals surface area (Å²) in [5, 5.41) is 8.55. The Morgan fingerprint density at radius 2 is 1.95 bits per heavy atom. The number of benzene rings is 2. The molecule has 0 heterocycles. The van der Waals surface area contributed by atoms with Gasteiger partial charge in [0.15, 0.2) is 11.6 Å². The van der Waals surface area contributed by atoms with Gasteiger partial charge in [0, 0.05) is 6.08 Å². The number of ether oxygens (including phenoxy) is 1. The molecule has 0 saturated carbocycles. The van der Waals surface area contributed by atoms with E-state index in [1.54, 1.807) is 36.4 Å². The molecule has 3 nitrogen and oxygen atoms in total. The Balaban J connectivity index is 2.20. The van der Waals surface area contributed by atoms with Crippen LogP contribution in [0.5, 0.6) is 11.5 Å². The molecule has 0 unspecified atom stereocenters. The minimum Gasteiger partial charge on any atom is -0.478 e. The summed E-state index contributed by atoms with van der Waals surface area (Å²) in [5.41, 5.74) is 0.663. The van der Waals surface area contributed by atoms with Crippen molar-refractivity contribution in [2.45, 2.75) is 0 Å². The molecular formula is C15H11FO3. The molecule has 0 radical (unpaired) electrons. The van der Waals surface area contributed by atoms with Crippen LogP contribution in [0.25, 0.3) is 6.08 Å². The number of hydrogen-bond donors (Lipinski definition) is 1. The fourth-order valence-electron chi connectivity index (χ4n) is 1.50. The second kappa shape index (κ2) is 5.82. The normalized spacial score (nSPS) is 10.6. The number of carbonyl (C=O) groups is 1. The van der Waals surface area contributed by atoms with Gasteiger partial charge in [0.2, 0.25) is 0 Å². The van der Waals surface area contributed by atoms with Gasteiger partial charge in [0.05, 0.1) is 0 Å². The molecule has 2 rings (SSSR count). The van der Waals surface area contributed by atoms with Gasteiger partial charge in [-0.05, 0) is 35.9 Å². The first-order valence-electron chi connectivity index (χ1n) is 5.58. The van der Waals surface area contributed by atoms with E-state index in [0.717, 1.165) is 6.08 Å². The maximum Gasteiger partial charge on any atom is 0.328 e. The molecule has 96 valence electrons. The van der Waals surface area contributed by atoms with Crippen LogP contribution < -0.4 is 4.74 Å². The molecule has 0 aliphatic rings. The SMILES string of the molecule is O=C(O)C=Cc1cccc(Oc2ccccc2F)c1. The molecule has 0 amide bonds. The Morgan fingerprint density at radius 3 is 2.68 bits per heavy atom. The lowest BCUT2D eigenvalue weighted by molar-refractivity contribution is -0.131. The molecule has 0 spiro atoms. The van der Waals surface area contributed by atoms with Crippen molar-refractivity contribution in [2.24, 2.45) is 0 Å². The number of halogens is 1. The number of carboxylic acids is 1. The fourth-order valence-corrected chi connectivity index (χ4v) is 1.50. The maximum absolute atomic E-state index is 13.4. The monoisotopic (exact) mass is 258 g/mol. The third-order valence-corrected chi connectivity index (χ3v) is 2.34. The molecule has 4 heteroatoms. The molecule has 0 aliphatic carbocycles. The molecule has 0 aliphatic heterocycles. The van der Waals surface area contributed by atoms with Gasteiger partial charge in [-0.3, -0.25) is 0 Å². The van der Waals surface area contributed by atoms with E-state index in [1.807, 2.05) is 0 Å². The molecule has 0 atom stereocenters. The van der Waals surface area contributed by atoms with Crippen molar-refractivity contribution in [3.8, 4) is 11.5 Å². The van der Waals surface area contributed by atoms with Gasteiger partial charge < -0.3 is 9.84 Å². The van der Waals surface area contributed by atoms with Gasteiger partial charge in [-0.1, -0.05) is 24.3 Å². The molecule has 0 fully saturated rings. The maximum atomic E-state index is 13.4. The standard InChI is InChI=1S/C15H11FO3/c16-13-6-1-2-7-14(13)19-12-5-3-4-11(10-12)8-9-15(17)18/h1-10H,(H,17,18). The van der Waals surface area contributed by atoms with Crippen molar-refractivity contribution in [1.82, 2.24) is 0 Å². The summed E-state index contributed by atoms with van der Waals surface area (Å²) in [5.74, 6) is -0.908. The van der Waals surface area contributed by atoms with Crippen LogP contribution in [-0.2, 0) is 4.79 Å². The lowest BCUT2D eigenvalue weighted by atomic mass is 10.2. The third kappa shape index (κ3) is 3.67. The zero-order valence-electron chi connectivity index (χ0n) is 9.92. The average Bonchev–Trinajstić information content (AvgIpc) is 2.40. The first-order chi connectivity index (χ1) is 9.15. The van der Waals surface area contributed by atoms with Crippen LogP contribution in [0.1, 0.15) is 5.56 Å². The van der Waals surface area contributed by atoms with E-state index in [2.05, 4.69) is 0 Å². The van der Waals surface area contributed by atoms with Crippen molar-refractivity contribution < 1.29 is 19.0 Å². The van der Waals surface area contributed by atoms with E-state index in [0.29, 0.717) is 11.3 Å². The Kier molecular flexibility index (Phi) is 3.93. The summed E-state index contributed by atoms with van der Waals surface area (Å²) in [6.45, 7) is 0. The number of hydrogen-bond acceptors (Lipinski definition) is 2. The van der Waals surface area contributed by atoms with Crippen LogP contribution in [0.2, 0.25) is 0 Å². The summed E-state index contributed by atoms with van der Waals surface area (Å²) in [4.78, 5) is 10.4. The number of para-hydroxylation sites is 1. The van der Waals surface area contributed by atoms with Crippen molar-refractivity contribution in [3.63, 3.8) is 0 Å². The molecule has 0 saturated heterocycles. The third-order valence-electron chi connectivity index (χ3n) is 2.34. The fraction of sp³-hybridized carbons (Fsp3) is 0. The highest BCUT2D eigenvalue weighted by Gasteiger charge is 2.03. The highest BCUT2D eigenvalue weighted by Crippen LogP contribution is 2.24. The smallest absolute Gasteiger partial charge is 0.328 e. The average molecular weight is 258 g/mol. The van der Waals surface area contributed by atoms with Crippen LogP contribution in [0.15, 0.2) is 54.6 Å². The van der Waals surface area contributed by atoms with Gasteiger partial charge in [0.1, 0.15) is 5.75 Å². The van der Waals surface area contributed by atoms with Gasteiger partial charge in [-0.15, -0.1) is 0 Å². The van der Waals surface area contributed by atoms with E-state index in [-0.39, 0.29) is 5.75 Å². The number of rotatable bonds is 4. The highest BCUT2D eigenvalue weighted by molar-refractivity contribution is 5.85. The van der Waals surface area contributed by atoms with Crippen molar-refractivity contribution in [1.29, 1.82) is 0 Å². The molecule has 1 N–H and O–H groups in total. The summed E-state index contributed by atoms with van der Waals surface area (Å²) >= 11 is 0. The predicted octanol–water partition coefficient (Wildman–Crippen LogP) is 3.72. The zero-order valence-corrected chi connectivity index (χ0v) is 9.92. The zero-order chi connectivity index (χ0) is 13.7. The number of aliphatic carboxylic acids is 1. The van der Waals surface area contributed by atoms with Crippen LogP contribution in [-0.4, -0.2) is 11.1 Å². The Morgan fingerprint density at radius 1 is 1.16 bits per heavy atom. The first kappa shape index (κ1) is 12.8. The molecule has 2 aromatic carbocycles. The van der Waals surface area contributed by atoms with Gasteiger partial charge >= 0.3 is 5.97 Å². The Bertz CT molecular complexity index is 620. The molecule has 2 aromatic rings. The summed E-state index contributed by atoms with van der Waals surface area (Å²) in [6.07, 6.45) is 2.47. The lowest BCUT2D eigenvalue weighted by Gasteiger charge is -2.06. The summed E-state index contributed by atoms with van der Waals surface area (Å²) < 4.78 is 18.8. The highest BCUT2D eigenvalue weighted by atomic mass is 19.1. The van der Waals surface area contributed by atoms with E-state index in [1.165, 1.54) is 18.2 Å². The lowest BCUT2D eigenvalue weighted by Crippen LogP contribution is -1.89. The minimum absolute atomic E-state index is 0.127. The van der Waals surface area contributed by atoms with Gasteiger partial charge in [-0.25, -0.2) is 9.18 Å². The van der Waals surface area contributed by atoms with Crippen molar-refractivity contribution in [3.05, 3.63) is 66.0 Å². The largest absolute Gasteiger partial charge is 0.478 e. The molecule has 19 heavy (non-hydrogen) atoms. The van der Waals surface area contributed by atoms with E-state index in [4.69, 9.17) is 9.84 Å².